The Hall–Kier alpha value is -1.93. The third-order valence-corrected chi connectivity index (χ3v) is 2.18. The maximum absolute atomic E-state index is 10.8. The summed E-state index contributed by atoms with van der Waals surface area (Å²) in [6.07, 6.45) is 0. The van der Waals surface area contributed by atoms with Gasteiger partial charge in [0.1, 0.15) is 12.4 Å². The number of pyridine rings is 1. The highest BCUT2D eigenvalue weighted by molar-refractivity contribution is 5.49. The molecule has 1 N–H and O–H groups in total. The van der Waals surface area contributed by atoms with E-state index in [2.05, 4.69) is 10.3 Å². The minimum atomic E-state index is -0.534. The number of ether oxygens (including phenoxy) is 3. The van der Waals surface area contributed by atoms with Gasteiger partial charge in [-0.2, -0.15) is 4.98 Å². The summed E-state index contributed by atoms with van der Waals surface area (Å²) in [6, 6.07) is 2.88. The fraction of sp³-hybridized carbons (Fsp3) is 0.545. The van der Waals surface area contributed by atoms with Gasteiger partial charge in [-0.25, -0.2) is 0 Å². The van der Waals surface area contributed by atoms with Gasteiger partial charge in [0, 0.05) is 26.8 Å². The van der Waals surface area contributed by atoms with Crippen LogP contribution in [0.4, 0.5) is 11.5 Å². The number of anilines is 1. The van der Waals surface area contributed by atoms with Gasteiger partial charge in [0.2, 0.25) is 0 Å². The first-order valence-corrected chi connectivity index (χ1v) is 5.69. The highest BCUT2D eigenvalue weighted by Crippen LogP contribution is 2.26. The van der Waals surface area contributed by atoms with Gasteiger partial charge in [-0.15, -0.1) is 0 Å². The van der Waals surface area contributed by atoms with Crippen molar-refractivity contribution in [3.8, 4) is 5.88 Å². The molecule has 1 aromatic rings. The zero-order valence-electron chi connectivity index (χ0n) is 10.9. The molecule has 1 aromatic heterocycles. The quantitative estimate of drug-likeness (QED) is 0.407. The maximum atomic E-state index is 10.8. The van der Waals surface area contributed by atoms with Gasteiger partial charge in [-0.1, -0.05) is 0 Å². The van der Waals surface area contributed by atoms with E-state index in [9.17, 15) is 10.1 Å². The van der Waals surface area contributed by atoms with Crippen LogP contribution in [0.1, 0.15) is 0 Å². The monoisotopic (exact) mass is 271 g/mol. The fourth-order valence-electron chi connectivity index (χ4n) is 1.28. The Balaban J connectivity index is 2.75. The molecular weight excluding hydrogens is 254 g/mol. The zero-order valence-corrected chi connectivity index (χ0v) is 10.9. The van der Waals surface area contributed by atoms with E-state index in [1.54, 1.807) is 7.11 Å². The predicted molar refractivity (Wildman–Crippen MR) is 68.6 cm³/mol. The van der Waals surface area contributed by atoms with Crippen LogP contribution in [0, 0.1) is 10.1 Å². The van der Waals surface area contributed by atoms with E-state index in [-0.39, 0.29) is 18.2 Å². The Morgan fingerprint density at radius 2 is 2.00 bits per heavy atom. The van der Waals surface area contributed by atoms with Gasteiger partial charge in [0.15, 0.2) is 0 Å². The molecule has 0 aliphatic rings. The smallest absolute Gasteiger partial charge is 0.331 e. The molecule has 0 fully saturated rings. The number of nitrogens with zero attached hydrogens (tertiary/aromatic N) is 2. The lowest BCUT2D eigenvalue weighted by atomic mass is 10.4. The minimum Gasteiger partial charge on any atom is -0.470 e. The van der Waals surface area contributed by atoms with Crippen molar-refractivity contribution in [2.45, 2.75) is 0 Å². The Morgan fingerprint density at radius 3 is 2.63 bits per heavy atom. The van der Waals surface area contributed by atoms with Crippen LogP contribution in [0.5, 0.6) is 5.88 Å². The van der Waals surface area contributed by atoms with E-state index in [4.69, 9.17) is 14.2 Å². The average Bonchev–Trinajstić information content (AvgIpc) is 2.39. The van der Waals surface area contributed by atoms with Crippen molar-refractivity contribution in [2.75, 3.05) is 45.9 Å². The molecule has 0 amide bonds. The number of methoxy groups -OCH3 is 2. The molecule has 19 heavy (non-hydrogen) atoms. The molecule has 1 rings (SSSR count). The summed E-state index contributed by atoms with van der Waals surface area (Å²) in [6.45, 7) is 1.60. The minimum absolute atomic E-state index is 0.0236. The van der Waals surface area contributed by atoms with E-state index in [0.29, 0.717) is 25.6 Å². The Labute approximate surface area is 110 Å². The number of hydrogen-bond acceptors (Lipinski definition) is 7. The number of nitro groups is 1. The third-order valence-electron chi connectivity index (χ3n) is 2.18. The van der Waals surface area contributed by atoms with Crippen LogP contribution in [0.2, 0.25) is 0 Å². The second-order valence-electron chi connectivity index (χ2n) is 3.54. The van der Waals surface area contributed by atoms with Crippen molar-refractivity contribution >= 4 is 11.5 Å². The Kier molecular flexibility index (Phi) is 6.55. The van der Waals surface area contributed by atoms with Gasteiger partial charge in [-0.3, -0.25) is 10.1 Å². The molecule has 0 aliphatic heterocycles. The van der Waals surface area contributed by atoms with Gasteiger partial charge < -0.3 is 19.5 Å². The van der Waals surface area contributed by atoms with Crippen molar-refractivity contribution in [1.82, 2.24) is 4.98 Å². The first-order chi connectivity index (χ1) is 9.19. The molecule has 0 bridgehead atoms. The van der Waals surface area contributed by atoms with Crippen molar-refractivity contribution in [3.63, 3.8) is 0 Å². The van der Waals surface area contributed by atoms with E-state index >= 15 is 0 Å². The summed E-state index contributed by atoms with van der Waals surface area (Å²) >= 11 is 0. The molecule has 0 radical (unpaired) electrons. The van der Waals surface area contributed by atoms with Crippen LogP contribution in [0.3, 0.4) is 0 Å². The Morgan fingerprint density at radius 1 is 1.26 bits per heavy atom. The van der Waals surface area contributed by atoms with Gasteiger partial charge in [-0.05, 0) is 6.07 Å². The Bertz CT molecular complexity index is 413. The second-order valence-corrected chi connectivity index (χ2v) is 3.54. The SMILES string of the molecule is COCCNc1ccc([N+](=O)[O-])c(OCCOC)n1. The summed E-state index contributed by atoms with van der Waals surface area (Å²) in [5.41, 5.74) is -0.173. The summed E-state index contributed by atoms with van der Waals surface area (Å²) in [7, 11) is 3.11. The molecule has 0 atom stereocenters. The van der Waals surface area contributed by atoms with E-state index < -0.39 is 4.92 Å². The van der Waals surface area contributed by atoms with Gasteiger partial charge in [0.25, 0.3) is 5.88 Å². The molecule has 1 heterocycles. The van der Waals surface area contributed by atoms with E-state index in [1.807, 2.05) is 0 Å². The molecule has 8 heteroatoms. The molecule has 0 saturated carbocycles. The lowest BCUT2D eigenvalue weighted by Gasteiger charge is -2.08. The van der Waals surface area contributed by atoms with Crippen LogP contribution >= 0.6 is 0 Å². The molecule has 8 nitrogen and oxygen atoms in total. The van der Waals surface area contributed by atoms with Crippen LogP contribution in [0.15, 0.2) is 12.1 Å². The molecule has 0 spiro atoms. The third kappa shape index (κ3) is 5.06. The molecule has 106 valence electrons. The molecule has 0 unspecified atom stereocenters. The number of rotatable bonds is 9. The van der Waals surface area contributed by atoms with E-state index in [1.165, 1.54) is 19.2 Å². The fourth-order valence-corrected chi connectivity index (χ4v) is 1.28. The first kappa shape index (κ1) is 15.1. The largest absolute Gasteiger partial charge is 0.470 e. The van der Waals surface area contributed by atoms with Crippen LogP contribution in [-0.2, 0) is 9.47 Å². The highest BCUT2D eigenvalue weighted by atomic mass is 16.6. The topological polar surface area (TPSA) is 95.8 Å². The number of hydrogen-bond donors (Lipinski definition) is 1. The first-order valence-electron chi connectivity index (χ1n) is 5.69. The number of nitrogens with one attached hydrogen (secondary N) is 1. The normalized spacial score (nSPS) is 10.2. The molecule has 0 aliphatic carbocycles. The lowest BCUT2D eigenvalue weighted by molar-refractivity contribution is -0.386. The van der Waals surface area contributed by atoms with Crippen LogP contribution < -0.4 is 10.1 Å². The van der Waals surface area contributed by atoms with Crippen LogP contribution in [-0.4, -0.2) is 50.5 Å². The average molecular weight is 271 g/mol. The second kappa shape index (κ2) is 8.22. The van der Waals surface area contributed by atoms with Crippen molar-refractivity contribution < 1.29 is 19.1 Å². The zero-order chi connectivity index (χ0) is 14.1. The lowest BCUT2D eigenvalue weighted by Crippen LogP contribution is -2.11. The van der Waals surface area contributed by atoms with Crippen molar-refractivity contribution in [3.05, 3.63) is 22.2 Å². The van der Waals surface area contributed by atoms with Crippen molar-refractivity contribution in [2.24, 2.45) is 0 Å². The summed E-state index contributed by atoms with van der Waals surface area (Å²) in [4.78, 5) is 14.4. The van der Waals surface area contributed by atoms with Crippen LogP contribution in [0.25, 0.3) is 0 Å². The standard InChI is InChI=1S/C11H17N3O5/c1-17-6-5-12-10-4-3-9(14(15)16)11(13-10)19-8-7-18-2/h3-4H,5-8H2,1-2H3,(H,12,13). The van der Waals surface area contributed by atoms with Gasteiger partial charge >= 0.3 is 5.69 Å². The van der Waals surface area contributed by atoms with Crippen molar-refractivity contribution in [1.29, 1.82) is 0 Å². The summed E-state index contributed by atoms with van der Waals surface area (Å²) in [5, 5.41) is 13.8. The highest BCUT2D eigenvalue weighted by Gasteiger charge is 2.17. The molecule has 0 saturated heterocycles. The molecular formula is C11H17N3O5. The molecule has 0 aromatic carbocycles. The van der Waals surface area contributed by atoms with E-state index in [0.717, 1.165) is 0 Å². The maximum Gasteiger partial charge on any atom is 0.331 e. The summed E-state index contributed by atoms with van der Waals surface area (Å²) in [5.74, 6) is 0.472. The predicted octanol–water partition coefficient (Wildman–Crippen LogP) is 1.07. The van der Waals surface area contributed by atoms with Gasteiger partial charge in [0.05, 0.1) is 18.1 Å². The number of aromatic nitrogens is 1. The summed E-state index contributed by atoms with van der Waals surface area (Å²) < 4.78 is 14.9.